The molecule has 118 valence electrons. The van der Waals surface area contributed by atoms with Crippen LogP contribution in [0, 0.1) is 0 Å². The number of ether oxygens (including phenoxy) is 1. The van der Waals surface area contributed by atoms with Crippen molar-refractivity contribution >= 4 is 22.9 Å². The van der Waals surface area contributed by atoms with Crippen LogP contribution in [0.4, 0.5) is 0 Å². The van der Waals surface area contributed by atoms with Crippen molar-refractivity contribution in [1.82, 2.24) is 20.1 Å². The summed E-state index contributed by atoms with van der Waals surface area (Å²) in [5.74, 6) is 1.51. The highest BCUT2D eigenvalue weighted by molar-refractivity contribution is 7.13. The summed E-state index contributed by atoms with van der Waals surface area (Å²) in [6, 6.07) is 1.99. The highest BCUT2D eigenvalue weighted by Crippen LogP contribution is 2.34. The van der Waals surface area contributed by atoms with Crippen LogP contribution in [0.2, 0.25) is 5.15 Å². The summed E-state index contributed by atoms with van der Waals surface area (Å²) in [6.45, 7) is 4.13. The van der Waals surface area contributed by atoms with E-state index in [1.165, 1.54) is 11.3 Å². The van der Waals surface area contributed by atoms with Gasteiger partial charge in [0, 0.05) is 17.1 Å². The molecule has 0 unspecified atom stereocenters. The summed E-state index contributed by atoms with van der Waals surface area (Å²) in [5.41, 5.74) is 1.65. The lowest BCUT2D eigenvalue weighted by atomic mass is 9.95. The largest absolute Gasteiger partial charge is 0.471 e. The summed E-state index contributed by atoms with van der Waals surface area (Å²) in [4.78, 5) is 12.9. The first-order chi connectivity index (χ1) is 11.0. The molecule has 0 spiro atoms. The molecule has 4 rings (SSSR count). The van der Waals surface area contributed by atoms with Gasteiger partial charge in [0.2, 0.25) is 11.7 Å². The first-order valence-electron chi connectivity index (χ1n) is 7.14. The Morgan fingerprint density at radius 2 is 2.17 bits per heavy atom. The Hall–Kier alpha value is -1.99. The molecule has 0 radical (unpaired) electrons. The molecule has 3 aromatic rings. The Kier molecular flexibility index (Phi) is 3.35. The van der Waals surface area contributed by atoms with Gasteiger partial charge in [-0.05, 0) is 32.8 Å². The average molecular weight is 349 g/mol. The van der Waals surface area contributed by atoms with E-state index in [1.807, 2.05) is 6.07 Å². The minimum absolute atomic E-state index is 0.177. The molecule has 3 aromatic heterocycles. The fourth-order valence-corrected chi connectivity index (χ4v) is 3.29. The number of aromatic nitrogens is 4. The van der Waals surface area contributed by atoms with E-state index in [2.05, 4.69) is 34.0 Å². The second-order valence-corrected chi connectivity index (χ2v) is 7.19. The molecule has 0 saturated carbocycles. The van der Waals surface area contributed by atoms with Gasteiger partial charge in [-0.3, -0.25) is 0 Å². The van der Waals surface area contributed by atoms with Crippen molar-refractivity contribution in [2.45, 2.75) is 32.3 Å². The number of hydrogen-bond acceptors (Lipinski definition) is 7. The van der Waals surface area contributed by atoms with E-state index in [0.717, 1.165) is 24.0 Å². The minimum Gasteiger partial charge on any atom is -0.471 e. The Morgan fingerprint density at radius 1 is 1.30 bits per heavy atom. The smallest absolute Gasteiger partial charge is 0.259 e. The molecule has 23 heavy (non-hydrogen) atoms. The molecule has 0 atom stereocenters. The summed E-state index contributed by atoms with van der Waals surface area (Å²) < 4.78 is 11.2. The summed E-state index contributed by atoms with van der Waals surface area (Å²) >= 11 is 7.20. The predicted octanol–water partition coefficient (Wildman–Crippen LogP) is 4.01. The van der Waals surface area contributed by atoms with E-state index < -0.39 is 0 Å². The molecule has 0 saturated heterocycles. The monoisotopic (exact) mass is 348 g/mol. The van der Waals surface area contributed by atoms with Gasteiger partial charge >= 0.3 is 0 Å². The maximum absolute atomic E-state index is 5.89. The quantitative estimate of drug-likeness (QED) is 0.696. The van der Waals surface area contributed by atoms with Crippen LogP contribution in [-0.2, 0) is 6.42 Å². The van der Waals surface area contributed by atoms with Gasteiger partial charge < -0.3 is 9.26 Å². The van der Waals surface area contributed by atoms with Gasteiger partial charge in [0.1, 0.15) is 10.8 Å². The standard InChI is InChI=1S/C15H13ClN4O2S/c1-15(2)4-3-8-5-9(6-17-12(8)21-15)13-19-11(20-22-13)14-18-10(16)7-23-14/h5-7H,3-4H2,1-2H3. The SMILES string of the molecule is CC1(C)CCc2cc(-c3nc(-c4nc(Cl)cs4)no3)cnc2O1. The Bertz CT molecular complexity index is 874. The average Bonchev–Trinajstić information content (AvgIpc) is 3.14. The number of aryl methyl sites for hydroxylation is 1. The zero-order valence-corrected chi connectivity index (χ0v) is 14.1. The molecule has 0 aromatic carbocycles. The third kappa shape index (κ3) is 2.82. The van der Waals surface area contributed by atoms with Crippen molar-refractivity contribution in [2.75, 3.05) is 0 Å². The molecular weight excluding hydrogens is 336 g/mol. The lowest BCUT2D eigenvalue weighted by Gasteiger charge is -2.31. The van der Waals surface area contributed by atoms with Crippen LogP contribution in [0.25, 0.3) is 22.3 Å². The van der Waals surface area contributed by atoms with E-state index in [9.17, 15) is 0 Å². The van der Waals surface area contributed by atoms with Crippen LogP contribution in [0.1, 0.15) is 25.8 Å². The van der Waals surface area contributed by atoms with Crippen molar-refractivity contribution in [2.24, 2.45) is 0 Å². The number of hydrogen-bond donors (Lipinski definition) is 0. The van der Waals surface area contributed by atoms with Gasteiger partial charge in [-0.25, -0.2) is 9.97 Å². The highest BCUT2D eigenvalue weighted by Gasteiger charge is 2.28. The van der Waals surface area contributed by atoms with Gasteiger partial charge in [0.05, 0.1) is 5.56 Å². The number of halogens is 1. The lowest BCUT2D eigenvalue weighted by Crippen LogP contribution is -2.33. The van der Waals surface area contributed by atoms with Crippen LogP contribution in [0.3, 0.4) is 0 Å². The van der Waals surface area contributed by atoms with Crippen molar-refractivity contribution in [3.63, 3.8) is 0 Å². The van der Waals surface area contributed by atoms with Crippen LogP contribution in [-0.4, -0.2) is 25.7 Å². The number of rotatable bonds is 2. The number of nitrogens with zero attached hydrogens (tertiary/aromatic N) is 4. The number of pyridine rings is 1. The first-order valence-corrected chi connectivity index (χ1v) is 8.39. The molecule has 8 heteroatoms. The van der Waals surface area contributed by atoms with E-state index in [0.29, 0.717) is 27.8 Å². The van der Waals surface area contributed by atoms with E-state index in [-0.39, 0.29) is 5.60 Å². The molecule has 4 heterocycles. The van der Waals surface area contributed by atoms with Crippen molar-refractivity contribution in [3.8, 4) is 28.2 Å². The van der Waals surface area contributed by atoms with Crippen molar-refractivity contribution in [1.29, 1.82) is 0 Å². The molecule has 0 fully saturated rings. The van der Waals surface area contributed by atoms with E-state index in [4.69, 9.17) is 20.9 Å². The maximum atomic E-state index is 5.89. The highest BCUT2D eigenvalue weighted by atomic mass is 35.5. The molecule has 0 amide bonds. The molecule has 6 nitrogen and oxygen atoms in total. The fourth-order valence-electron chi connectivity index (χ4n) is 2.42. The van der Waals surface area contributed by atoms with E-state index in [1.54, 1.807) is 11.6 Å². The molecule has 0 aliphatic carbocycles. The van der Waals surface area contributed by atoms with Crippen LogP contribution in [0.15, 0.2) is 22.2 Å². The third-order valence-electron chi connectivity index (χ3n) is 3.64. The van der Waals surface area contributed by atoms with Gasteiger partial charge in [0.15, 0.2) is 5.01 Å². The Labute approximate surface area is 141 Å². The molecule has 1 aliphatic rings. The lowest BCUT2D eigenvalue weighted by molar-refractivity contribution is 0.0784. The predicted molar refractivity (Wildman–Crippen MR) is 86.7 cm³/mol. The molecule has 0 N–H and O–H groups in total. The second-order valence-electron chi connectivity index (χ2n) is 5.95. The Morgan fingerprint density at radius 3 is 2.96 bits per heavy atom. The summed E-state index contributed by atoms with van der Waals surface area (Å²) in [7, 11) is 0. The number of thiazole rings is 1. The normalized spacial score (nSPS) is 16.0. The molecule has 0 bridgehead atoms. The van der Waals surface area contributed by atoms with Crippen LogP contribution < -0.4 is 4.74 Å². The molecule has 1 aliphatic heterocycles. The summed E-state index contributed by atoms with van der Waals surface area (Å²) in [6.07, 6.45) is 3.54. The van der Waals surface area contributed by atoms with Gasteiger partial charge in [-0.2, -0.15) is 4.98 Å². The zero-order valence-electron chi connectivity index (χ0n) is 12.5. The third-order valence-corrected chi connectivity index (χ3v) is 4.80. The topological polar surface area (TPSA) is 73.9 Å². The maximum Gasteiger partial charge on any atom is 0.259 e. The second kappa shape index (κ2) is 5.28. The van der Waals surface area contributed by atoms with Gasteiger partial charge in [-0.1, -0.05) is 16.8 Å². The minimum atomic E-state index is -0.177. The van der Waals surface area contributed by atoms with Crippen molar-refractivity contribution in [3.05, 3.63) is 28.4 Å². The van der Waals surface area contributed by atoms with Gasteiger partial charge in [0.25, 0.3) is 5.89 Å². The van der Waals surface area contributed by atoms with Gasteiger partial charge in [-0.15, -0.1) is 11.3 Å². The summed E-state index contributed by atoms with van der Waals surface area (Å²) in [5, 5.41) is 6.73. The zero-order chi connectivity index (χ0) is 16.0. The van der Waals surface area contributed by atoms with Crippen molar-refractivity contribution < 1.29 is 9.26 Å². The van der Waals surface area contributed by atoms with E-state index >= 15 is 0 Å². The van der Waals surface area contributed by atoms with Crippen LogP contribution >= 0.6 is 22.9 Å². The Balaban J connectivity index is 1.66. The number of fused-ring (bicyclic) bond motifs is 1. The first kappa shape index (κ1) is 14.6. The van der Waals surface area contributed by atoms with Crippen LogP contribution in [0.5, 0.6) is 5.88 Å². The fraction of sp³-hybridized carbons (Fsp3) is 0.333. The molecular formula is C15H13ClN4O2S.